The van der Waals surface area contributed by atoms with Gasteiger partial charge in [-0.3, -0.25) is 4.99 Å². The Morgan fingerprint density at radius 3 is 2.48 bits per heavy atom. The van der Waals surface area contributed by atoms with Gasteiger partial charge in [-0.05, 0) is 60.2 Å². The fourth-order valence-corrected chi connectivity index (χ4v) is 2.59. The summed E-state index contributed by atoms with van der Waals surface area (Å²) >= 11 is 0. The highest BCUT2D eigenvalue weighted by molar-refractivity contribution is 5.84. The van der Waals surface area contributed by atoms with Crippen molar-refractivity contribution in [2.24, 2.45) is 4.99 Å². The van der Waals surface area contributed by atoms with Gasteiger partial charge in [0.2, 0.25) is 5.76 Å². The normalized spacial score (nSPS) is 10.9. The van der Waals surface area contributed by atoms with Crippen LogP contribution in [0.1, 0.15) is 21.9 Å². The van der Waals surface area contributed by atoms with Crippen LogP contribution < -0.4 is 14.4 Å². The van der Waals surface area contributed by atoms with Gasteiger partial charge in [-0.25, -0.2) is 4.79 Å². The third-order valence-electron chi connectivity index (χ3n) is 4.16. The molecule has 1 N–H and O–H groups in total. The van der Waals surface area contributed by atoms with Crippen molar-refractivity contribution in [1.29, 1.82) is 0 Å². The highest BCUT2D eigenvalue weighted by atomic mass is 16.5. The molecule has 0 spiro atoms. The minimum absolute atomic E-state index is 0.0926. The molecule has 0 radical (unpaired) electrons. The number of nitrogens with zero attached hydrogens (tertiary/aromatic N) is 2. The molecular weight excluding hydrogens is 372 g/mol. The molecule has 0 saturated heterocycles. The first-order chi connectivity index (χ1) is 14.0. The van der Waals surface area contributed by atoms with E-state index in [-0.39, 0.29) is 12.4 Å². The zero-order valence-corrected chi connectivity index (χ0v) is 16.5. The molecule has 0 saturated carbocycles. The Bertz CT molecular complexity index is 1010. The summed E-state index contributed by atoms with van der Waals surface area (Å²) in [6.45, 7) is 0.0926. The number of carbonyl (C=O) groups is 1. The van der Waals surface area contributed by atoms with E-state index >= 15 is 0 Å². The predicted octanol–water partition coefficient (Wildman–Crippen LogP) is 4.38. The summed E-state index contributed by atoms with van der Waals surface area (Å²) in [5.74, 6) is 0.237. The van der Waals surface area contributed by atoms with Crippen LogP contribution in [0.2, 0.25) is 0 Å². The number of anilines is 1. The van der Waals surface area contributed by atoms with Gasteiger partial charge in [0.15, 0.2) is 11.5 Å². The number of aromatic carboxylic acids is 1. The number of hydrogen-bond acceptors (Lipinski definition) is 6. The first kappa shape index (κ1) is 20.0. The van der Waals surface area contributed by atoms with Crippen LogP contribution in [0.3, 0.4) is 0 Å². The van der Waals surface area contributed by atoms with E-state index in [4.69, 9.17) is 19.0 Å². The van der Waals surface area contributed by atoms with Gasteiger partial charge in [0.05, 0.1) is 12.8 Å². The zero-order valence-electron chi connectivity index (χ0n) is 16.5. The van der Waals surface area contributed by atoms with E-state index in [0.29, 0.717) is 17.3 Å². The van der Waals surface area contributed by atoms with Gasteiger partial charge in [-0.15, -0.1) is 0 Å². The highest BCUT2D eigenvalue weighted by Gasteiger charge is 2.11. The topological polar surface area (TPSA) is 84.5 Å². The monoisotopic (exact) mass is 394 g/mol. The van der Waals surface area contributed by atoms with Gasteiger partial charge in [0, 0.05) is 26.0 Å². The van der Waals surface area contributed by atoms with E-state index in [2.05, 4.69) is 4.99 Å². The Morgan fingerprint density at radius 1 is 1.10 bits per heavy atom. The second kappa shape index (κ2) is 8.97. The van der Waals surface area contributed by atoms with E-state index in [1.165, 1.54) is 6.07 Å². The third kappa shape index (κ3) is 5.16. The number of rotatable bonds is 8. The van der Waals surface area contributed by atoms with E-state index < -0.39 is 5.97 Å². The second-order valence-corrected chi connectivity index (χ2v) is 6.44. The van der Waals surface area contributed by atoms with Crippen LogP contribution in [-0.4, -0.2) is 38.5 Å². The molecule has 0 bridgehead atoms. The lowest BCUT2D eigenvalue weighted by Gasteiger charge is -2.11. The summed E-state index contributed by atoms with van der Waals surface area (Å²) < 4.78 is 16.3. The Hall–Kier alpha value is -3.74. The average Bonchev–Trinajstić information content (AvgIpc) is 3.20. The van der Waals surface area contributed by atoms with Crippen LogP contribution in [0.15, 0.2) is 64.0 Å². The Morgan fingerprint density at radius 2 is 1.86 bits per heavy atom. The molecule has 3 rings (SSSR count). The minimum Gasteiger partial charge on any atom is -0.493 e. The van der Waals surface area contributed by atoms with Crippen LogP contribution in [-0.2, 0) is 6.61 Å². The first-order valence-corrected chi connectivity index (χ1v) is 8.90. The van der Waals surface area contributed by atoms with Crippen molar-refractivity contribution in [3.05, 3.63) is 71.7 Å². The SMILES string of the molecule is COc1cc(C=Nc2ccc(N(C)C)cc2)ccc1OCc1ccc(C(=O)O)o1. The number of hydrogen-bond donors (Lipinski definition) is 1. The number of ether oxygens (including phenoxy) is 2. The molecule has 7 nitrogen and oxygen atoms in total. The van der Waals surface area contributed by atoms with E-state index in [0.717, 1.165) is 16.9 Å². The summed E-state index contributed by atoms with van der Waals surface area (Å²) in [6.07, 6.45) is 1.75. The van der Waals surface area contributed by atoms with Crippen molar-refractivity contribution >= 4 is 23.6 Å². The van der Waals surface area contributed by atoms with Crippen LogP contribution in [0, 0.1) is 0 Å². The number of methoxy groups -OCH3 is 1. The number of benzene rings is 2. The fourth-order valence-electron chi connectivity index (χ4n) is 2.59. The van der Waals surface area contributed by atoms with Crippen molar-refractivity contribution in [1.82, 2.24) is 0 Å². The van der Waals surface area contributed by atoms with Crippen LogP contribution in [0.25, 0.3) is 0 Å². The molecule has 0 aliphatic heterocycles. The molecule has 0 aliphatic carbocycles. The average molecular weight is 394 g/mol. The second-order valence-electron chi connectivity index (χ2n) is 6.44. The van der Waals surface area contributed by atoms with E-state index in [1.54, 1.807) is 25.5 Å². The Labute approximate surface area is 168 Å². The van der Waals surface area contributed by atoms with E-state index in [9.17, 15) is 4.79 Å². The molecule has 2 aromatic carbocycles. The van der Waals surface area contributed by atoms with Crippen molar-refractivity contribution < 1.29 is 23.8 Å². The minimum atomic E-state index is -1.12. The van der Waals surface area contributed by atoms with Gasteiger partial charge in [-0.1, -0.05) is 0 Å². The lowest BCUT2D eigenvalue weighted by atomic mass is 10.2. The van der Waals surface area contributed by atoms with Crippen LogP contribution in [0.5, 0.6) is 11.5 Å². The molecule has 1 heterocycles. The summed E-state index contributed by atoms with van der Waals surface area (Å²) in [5, 5.41) is 8.90. The number of carboxylic acid groups (broad SMARTS) is 1. The van der Waals surface area contributed by atoms with Gasteiger partial charge in [0.1, 0.15) is 12.4 Å². The molecule has 29 heavy (non-hydrogen) atoms. The number of furan rings is 1. The zero-order chi connectivity index (χ0) is 20.8. The molecule has 1 aromatic heterocycles. The highest BCUT2D eigenvalue weighted by Crippen LogP contribution is 2.29. The van der Waals surface area contributed by atoms with Gasteiger partial charge in [0.25, 0.3) is 0 Å². The summed E-state index contributed by atoms with van der Waals surface area (Å²) in [5.41, 5.74) is 2.82. The van der Waals surface area contributed by atoms with Gasteiger partial charge >= 0.3 is 5.97 Å². The quantitative estimate of drug-likeness (QED) is 0.571. The summed E-state index contributed by atoms with van der Waals surface area (Å²) in [6, 6.07) is 16.3. The predicted molar refractivity (Wildman–Crippen MR) is 111 cm³/mol. The lowest BCUT2D eigenvalue weighted by Crippen LogP contribution is -2.07. The van der Waals surface area contributed by atoms with Crippen molar-refractivity contribution in [2.75, 3.05) is 26.1 Å². The number of aliphatic imine (C=N–C) groups is 1. The smallest absolute Gasteiger partial charge is 0.371 e. The number of carboxylic acids is 1. The third-order valence-corrected chi connectivity index (χ3v) is 4.16. The van der Waals surface area contributed by atoms with Crippen molar-refractivity contribution in [2.45, 2.75) is 6.61 Å². The molecular formula is C22H22N2O5. The lowest BCUT2D eigenvalue weighted by molar-refractivity contribution is 0.0658. The van der Waals surface area contributed by atoms with Gasteiger partial charge < -0.3 is 23.9 Å². The Kier molecular flexibility index (Phi) is 6.19. The standard InChI is InChI=1S/C22H22N2O5/c1-24(2)17-7-5-16(6-8-17)23-13-15-4-10-19(21(12-15)27-3)28-14-18-9-11-20(29-18)22(25)26/h4-13H,14H2,1-3H3,(H,25,26). The van der Waals surface area contributed by atoms with Gasteiger partial charge in [-0.2, -0.15) is 0 Å². The maximum absolute atomic E-state index is 10.9. The molecule has 0 fully saturated rings. The molecule has 7 heteroatoms. The first-order valence-electron chi connectivity index (χ1n) is 8.90. The molecule has 0 aliphatic rings. The molecule has 0 unspecified atom stereocenters. The van der Waals surface area contributed by atoms with Crippen LogP contribution in [0.4, 0.5) is 11.4 Å². The maximum Gasteiger partial charge on any atom is 0.371 e. The van der Waals surface area contributed by atoms with Crippen LogP contribution >= 0.6 is 0 Å². The largest absolute Gasteiger partial charge is 0.493 e. The summed E-state index contributed by atoms with van der Waals surface area (Å²) in [7, 11) is 5.54. The summed E-state index contributed by atoms with van der Waals surface area (Å²) in [4.78, 5) is 17.4. The van der Waals surface area contributed by atoms with E-state index in [1.807, 2.05) is 55.4 Å². The van der Waals surface area contributed by atoms with Crippen molar-refractivity contribution in [3.63, 3.8) is 0 Å². The molecule has 0 amide bonds. The molecule has 150 valence electrons. The Balaban J connectivity index is 1.68. The fraction of sp³-hybridized carbons (Fsp3) is 0.182. The van der Waals surface area contributed by atoms with Crippen molar-refractivity contribution in [3.8, 4) is 11.5 Å². The maximum atomic E-state index is 10.9. The molecule has 3 aromatic rings. The molecule has 0 atom stereocenters.